The summed E-state index contributed by atoms with van der Waals surface area (Å²) in [6.45, 7) is 1.74. The lowest BCUT2D eigenvalue weighted by Crippen LogP contribution is -2.17. The van der Waals surface area contributed by atoms with Crippen molar-refractivity contribution in [2.24, 2.45) is 0 Å². The van der Waals surface area contributed by atoms with Crippen LogP contribution in [0.3, 0.4) is 0 Å². The van der Waals surface area contributed by atoms with E-state index in [2.05, 4.69) is 9.97 Å². The predicted octanol–water partition coefficient (Wildman–Crippen LogP) is 3.59. The maximum Gasteiger partial charge on any atom is 0.345 e. The van der Waals surface area contributed by atoms with Crippen LogP contribution in [0.25, 0.3) is 11.5 Å². The van der Waals surface area contributed by atoms with Gasteiger partial charge < -0.3 is 14.1 Å². The first kappa shape index (κ1) is 16.5. The van der Waals surface area contributed by atoms with Gasteiger partial charge in [-0.3, -0.25) is 0 Å². The highest BCUT2D eigenvalue weighted by Crippen LogP contribution is 2.36. The number of benzene rings is 1. The molecule has 0 fully saturated rings. The van der Waals surface area contributed by atoms with Crippen molar-refractivity contribution in [1.29, 1.82) is 0 Å². The van der Waals surface area contributed by atoms with Crippen LogP contribution in [0.4, 0.5) is 4.39 Å². The van der Waals surface area contributed by atoms with Gasteiger partial charge in [-0.25, -0.2) is 14.0 Å². The van der Waals surface area contributed by atoms with Gasteiger partial charge in [-0.1, -0.05) is 11.6 Å². The third kappa shape index (κ3) is 2.80. The van der Waals surface area contributed by atoms with E-state index in [4.69, 9.17) is 20.8 Å². The zero-order chi connectivity index (χ0) is 18.4. The number of H-pyrrole nitrogens is 1. The molecule has 2 aromatic heterocycles. The summed E-state index contributed by atoms with van der Waals surface area (Å²) in [6, 6.07) is 7.44. The lowest BCUT2D eigenvalue weighted by Gasteiger charge is -2.11. The molecule has 1 aromatic carbocycles. The summed E-state index contributed by atoms with van der Waals surface area (Å²) in [5, 5.41) is 0.362. The number of carbonyl (C=O) groups excluding carboxylic acids is 1. The van der Waals surface area contributed by atoms with E-state index in [1.54, 1.807) is 19.1 Å². The Balaban J connectivity index is 1.80. The number of ether oxygens (including phenoxy) is 1. The van der Waals surface area contributed by atoms with Crippen LogP contribution >= 0.6 is 11.6 Å². The normalized spacial score (nSPS) is 15.8. The fourth-order valence-electron chi connectivity index (χ4n) is 2.97. The van der Waals surface area contributed by atoms with Gasteiger partial charge in [-0.05, 0) is 42.8 Å². The van der Waals surface area contributed by atoms with Crippen molar-refractivity contribution in [3.63, 3.8) is 0 Å². The van der Waals surface area contributed by atoms with Crippen LogP contribution in [-0.2, 0) is 11.2 Å². The Bertz CT molecular complexity index is 1090. The van der Waals surface area contributed by atoms with Gasteiger partial charge in [-0.15, -0.1) is 0 Å². The van der Waals surface area contributed by atoms with E-state index in [1.165, 1.54) is 18.2 Å². The number of fused-ring (bicyclic) bond motifs is 1. The molecule has 1 unspecified atom stereocenters. The largest absolute Gasteiger partial charge is 0.460 e. The fraction of sp³-hybridized carbons (Fsp3) is 0.167. The topological polar surface area (TPSA) is 85.2 Å². The SMILES string of the molecule is Cc1ccc(-c2nc(=O)[nH]c3c2C(=O)OC3Cc2cc(Cl)ccc2F)o1. The number of furan rings is 1. The summed E-state index contributed by atoms with van der Waals surface area (Å²) >= 11 is 5.91. The molecule has 3 heterocycles. The molecule has 26 heavy (non-hydrogen) atoms. The molecule has 0 radical (unpaired) electrons. The number of aromatic nitrogens is 2. The summed E-state index contributed by atoms with van der Waals surface area (Å²) in [7, 11) is 0. The molecule has 0 saturated heterocycles. The van der Waals surface area contributed by atoms with Crippen LogP contribution in [0.5, 0.6) is 0 Å². The molecule has 8 heteroatoms. The van der Waals surface area contributed by atoms with Gasteiger partial charge in [0.25, 0.3) is 0 Å². The molecule has 132 valence electrons. The Morgan fingerprint density at radius 3 is 2.81 bits per heavy atom. The van der Waals surface area contributed by atoms with Gasteiger partial charge in [0.05, 0.1) is 5.69 Å². The van der Waals surface area contributed by atoms with Gasteiger partial charge in [0.15, 0.2) is 5.76 Å². The Morgan fingerprint density at radius 1 is 1.27 bits per heavy atom. The third-order valence-electron chi connectivity index (χ3n) is 4.12. The van der Waals surface area contributed by atoms with Crippen LogP contribution < -0.4 is 5.69 Å². The number of esters is 1. The van der Waals surface area contributed by atoms with E-state index in [1.807, 2.05) is 0 Å². The fourth-order valence-corrected chi connectivity index (χ4v) is 3.16. The molecule has 0 aliphatic carbocycles. The zero-order valence-electron chi connectivity index (χ0n) is 13.5. The van der Waals surface area contributed by atoms with Crippen molar-refractivity contribution in [2.75, 3.05) is 0 Å². The molecular weight excluding hydrogens is 363 g/mol. The molecular formula is C18H12ClFN2O4. The van der Waals surface area contributed by atoms with Crippen LogP contribution in [0.2, 0.25) is 5.02 Å². The molecule has 6 nitrogen and oxygen atoms in total. The summed E-state index contributed by atoms with van der Waals surface area (Å²) in [5.41, 5.74) is 0.0969. The van der Waals surface area contributed by atoms with Crippen molar-refractivity contribution in [3.8, 4) is 11.5 Å². The second-order valence-corrected chi connectivity index (χ2v) is 6.36. The maximum atomic E-state index is 14.0. The number of nitrogens with one attached hydrogen (secondary N) is 1. The number of hydrogen-bond acceptors (Lipinski definition) is 5. The summed E-state index contributed by atoms with van der Waals surface area (Å²) in [5.74, 6) is -0.228. The minimum Gasteiger partial charge on any atom is -0.460 e. The van der Waals surface area contributed by atoms with Crippen LogP contribution in [0.1, 0.15) is 33.5 Å². The lowest BCUT2D eigenvalue weighted by atomic mass is 10.0. The predicted molar refractivity (Wildman–Crippen MR) is 90.6 cm³/mol. The Labute approximate surface area is 151 Å². The Kier molecular flexibility index (Phi) is 3.88. The van der Waals surface area contributed by atoms with E-state index >= 15 is 0 Å². The number of aryl methyl sites for hydroxylation is 1. The van der Waals surface area contributed by atoms with Crippen molar-refractivity contribution in [1.82, 2.24) is 9.97 Å². The minimum atomic E-state index is -0.851. The molecule has 0 amide bonds. The number of rotatable bonds is 3. The number of carbonyl (C=O) groups is 1. The first-order valence-corrected chi connectivity index (χ1v) is 8.16. The summed E-state index contributed by atoms with van der Waals surface area (Å²) in [6.07, 6.45) is -0.821. The first-order chi connectivity index (χ1) is 12.4. The molecule has 1 atom stereocenters. The highest BCUT2D eigenvalue weighted by atomic mass is 35.5. The Morgan fingerprint density at radius 2 is 2.08 bits per heavy atom. The van der Waals surface area contributed by atoms with Gasteiger partial charge in [0, 0.05) is 11.4 Å². The molecule has 1 aliphatic heterocycles. The van der Waals surface area contributed by atoms with Crippen molar-refractivity contribution < 1.29 is 18.3 Å². The van der Waals surface area contributed by atoms with Crippen LogP contribution in [0.15, 0.2) is 39.5 Å². The van der Waals surface area contributed by atoms with Crippen molar-refractivity contribution in [3.05, 3.63) is 74.2 Å². The second-order valence-electron chi connectivity index (χ2n) is 5.92. The molecule has 1 aliphatic rings. The van der Waals surface area contributed by atoms with Crippen molar-refractivity contribution >= 4 is 17.6 Å². The van der Waals surface area contributed by atoms with Gasteiger partial charge >= 0.3 is 11.7 Å². The van der Waals surface area contributed by atoms with Crippen LogP contribution in [0, 0.1) is 12.7 Å². The number of hydrogen-bond donors (Lipinski definition) is 1. The van der Waals surface area contributed by atoms with E-state index in [9.17, 15) is 14.0 Å². The number of aromatic amines is 1. The standard InChI is InChI=1S/C18H12ClFN2O4/c1-8-2-5-12(25-8)15-14-16(22-18(24)21-15)13(26-17(14)23)7-9-6-10(19)3-4-11(9)20/h2-6,13H,7H2,1H3,(H,21,22,24). The van der Waals surface area contributed by atoms with Gasteiger partial charge in [0.2, 0.25) is 0 Å². The molecule has 0 spiro atoms. The maximum absolute atomic E-state index is 14.0. The summed E-state index contributed by atoms with van der Waals surface area (Å²) < 4.78 is 24.9. The molecule has 4 rings (SSSR count). The first-order valence-electron chi connectivity index (χ1n) is 7.78. The average Bonchev–Trinajstić information content (AvgIpc) is 3.15. The molecule has 0 saturated carbocycles. The second kappa shape index (κ2) is 6.10. The van der Waals surface area contributed by atoms with E-state index in [0.29, 0.717) is 10.8 Å². The Hall–Kier alpha value is -2.93. The lowest BCUT2D eigenvalue weighted by molar-refractivity contribution is 0.0380. The average molecular weight is 375 g/mol. The van der Waals surface area contributed by atoms with E-state index < -0.39 is 23.6 Å². The quantitative estimate of drug-likeness (QED) is 0.708. The van der Waals surface area contributed by atoms with Crippen LogP contribution in [-0.4, -0.2) is 15.9 Å². The third-order valence-corrected chi connectivity index (χ3v) is 4.36. The zero-order valence-corrected chi connectivity index (χ0v) is 14.3. The number of nitrogens with zero attached hydrogens (tertiary/aromatic N) is 1. The van der Waals surface area contributed by atoms with E-state index in [-0.39, 0.29) is 34.7 Å². The number of cyclic esters (lactones) is 1. The number of halogens is 2. The van der Waals surface area contributed by atoms with E-state index in [0.717, 1.165) is 0 Å². The minimum absolute atomic E-state index is 0.0295. The molecule has 3 aromatic rings. The van der Waals surface area contributed by atoms with Crippen molar-refractivity contribution in [2.45, 2.75) is 19.4 Å². The highest BCUT2D eigenvalue weighted by Gasteiger charge is 2.37. The van der Waals surface area contributed by atoms with Gasteiger partial charge in [-0.2, -0.15) is 4.98 Å². The van der Waals surface area contributed by atoms with Gasteiger partial charge in [0.1, 0.15) is 28.9 Å². The highest BCUT2D eigenvalue weighted by molar-refractivity contribution is 6.30. The monoisotopic (exact) mass is 374 g/mol. The smallest absolute Gasteiger partial charge is 0.345 e. The molecule has 1 N–H and O–H groups in total. The summed E-state index contributed by atoms with van der Waals surface area (Å²) in [4.78, 5) is 30.8. The molecule has 0 bridgehead atoms.